The SMILES string of the molecule is [B]c1cccc(-n2c3ccc4ccccc4c3c3c4ccccc4ccc32)c1. The molecule has 2 radical (unpaired) electrons. The maximum absolute atomic E-state index is 6.12. The number of aromatic nitrogens is 1. The molecule has 1 nitrogen and oxygen atoms in total. The lowest BCUT2D eigenvalue weighted by Gasteiger charge is -2.09. The molecule has 0 saturated carbocycles. The molecule has 0 aliphatic heterocycles. The Balaban J connectivity index is 1.94. The first-order valence-electron chi connectivity index (χ1n) is 9.51. The third-order valence-corrected chi connectivity index (χ3v) is 5.67. The van der Waals surface area contributed by atoms with Crippen molar-refractivity contribution in [3.8, 4) is 5.69 Å². The molecule has 0 saturated heterocycles. The molecule has 0 atom stereocenters. The highest BCUT2D eigenvalue weighted by atomic mass is 15.0. The molecular weight excluding hydrogens is 337 g/mol. The molecule has 0 unspecified atom stereocenters. The van der Waals surface area contributed by atoms with Gasteiger partial charge in [0.15, 0.2) is 0 Å². The van der Waals surface area contributed by atoms with Gasteiger partial charge in [-0.3, -0.25) is 0 Å². The van der Waals surface area contributed by atoms with Gasteiger partial charge >= 0.3 is 0 Å². The number of rotatable bonds is 1. The lowest BCUT2D eigenvalue weighted by molar-refractivity contribution is 1.19. The predicted molar refractivity (Wildman–Crippen MR) is 121 cm³/mol. The van der Waals surface area contributed by atoms with E-state index in [4.69, 9.17) is 7.85 Å². The quantitative estimate of drug-likeness (QED) is 0.325. The number of hydrogen-bond acceptors (Lipinski definition) is 0. The van der Waals surface area contributed by atoms with Crippen molar-refractivity contribution in [2.45, 2.75) is 0 Å². The Morgan fingerprint density at radius 2 is 1.11 bits per heavy atom. The Kier molecular flexibility index (Phi) is 3.18. The van der Waals surface area contributed by atoms with Crippen LogP contribution in [-0.2, 0) is 0 Å². The second-order valence-electron chi connectivity index (χ2n) is 7.29. The van der Waals surface area contributed by atoms with E-state index in [0.29, 0.717) is 0 Å². The maximum Gasteiger partial charge on any atom is 0.113 e. The predicted octanol–water partition coefficient (Wildman–Crippen LogP) is 5.88. The first-order valence-corrected chi connectivity index (χ1v) is 9.51. The minimum absolute atomic E-state index is 0.772. The highest BCUT2D eigenvalue weighted by molar-refractivity contribution is 6.32. The van der Waals surface area contributed by atoms with Crippen LogP contribution in [0.3, 0.4) is 0 Å². The Morgan fingerprint density at radius 1 is 0.536 bits per heavy atom. The maximum atomic E-state index is 6.12. The Hall–Kier alpha value is -3.52. The lowest BCUT2D eigenvalue weighted by atomic mass is 9.96. The van der Waals surface area contributed by atoms with Gasteiger partial charge in [-0.05, 0) is 45.8 Å². The normalized spacial score (nSPS) is 11.7. The van der Waals surface area contributed by atoms with Crippen LogP contribution < -0.4 is 5.46 Å². The summed E-state index contributed by atoms with van der Waals surface area (Å²) >= 11 is 0. The highest BCUT2D eigenvalue weighted by Crippen LogP contribution is 2.40. The van der Waals surface area contributed by atoms with Crippen molar-refractivity contribution < 1.29 is 0 Å². The summed E-state index contributed by atoms with van der Waals surface area (Å²) in [7, 11) is 6.12. The van der Waals surface area contributed by atoms with Crippen molar-refractivity contribution in [2.75, 3.05) is 0 Å². The average molecular weight is 353 g/mol. The molecule has 2 heteroatoms. The summed E-state index contributed by atoms with van der Waals surface area (Å²) in [5.41, 5.74) is 4.27. The molecule has 6 rings (SSSR count). The van der Waals surface area contributed by atoms with Crippen LogP contribution in [0.1, 0.15) is 0 Å². The number of hydrogen-bond donors (Lipinski definition) is 0. The van der Waals surface area contributed by atoms with E-state index in [1.807, 2.05) is 18.2 Å². The van der Waals surface area contributed by atoms with Crippen LogP contribution in [0.4, 0.5) is 0 Å². The summed E-state index contributed by atoms with van der Waals surface area (Å²) in [4.78, 5) is 0. The van der Waals surface area contributed by atoms with E-state index >= 15 is 0 Å². The van der Waals surface area contributed by atoms with E-state index in [1.165, 1.54) is 43.4 Å². The number of fused-ring (bicyclic) bond motifs is 7. The molecule has 1 heterocycles. The van der Waals surface area contributed by atoms with E-state index in [2.05, 4.69) is 83.4 Å². The fourth-order valence-electron chi connectivity index (χ4n) is 4.49. The molecule has 0 fully saturated rings. The zero-order valence-electron chi connectivity index (χ0n) is 15.3. The molecule has 128 valence electrons. The van der Waals surface area contributed by atoms with Gasteiger partial charge in [0.25, 0.3) is 0 Å². The van der Waals surface area contributed by atoms with Crippen LogP contribution in [0.15, 0.2) is 97.1 Å². The molecule has 5 aromatic carbocycles. The molecule has 0 aliphatic carbocycles. The zero-order chi connectivity index (χ0) is 18.7. The molecule has 0 bridgehead atoms. The van der Waals surface area contributed by atoms with Crippen LogP contribution in [0.2, 0.25) is 0 Å². The van der Waals surface area contributed by atoms with Gasteiger partial charge < -0.3 is 4.57 Å². The van der Waals surface area contributed by atoms with Gasteiger partial charge in [-0.15, -0.1) is 0 Å². The summed E-state index contributed by atoms with van der Waals surface area (Å²) in [5.74, 6) is 0. The van der Waals surface area contributed by atoms with Crippen molar-refractivity contribution in [3.05, 3.63) is 97.1 Å². The monoisotopic (exact) mass is 353 g/mol. The third kappa shape index (κ3) is 2.09. The van der Waals surface area contributed by atoms with Crippen molar-refractivity contribution >= 4 is 56.7 Å². The lowest BCUT2D eigenvalue weighted by Crippen LogP contribution is -2.04. The summed E-state index contributed by atoms with van der Waals surface area (Å²) < 4.78 is 2.33. The Morgan fingerprint density at radius 3 is 1.68 bits per heavy atom. The Bertz CT molecular complexity index is 1430. The molecule has 0 aliphatic rings. The molecule has 0 N–H and O–H groups in total. The summed E-state index contributed by atoms with van der Waals surface area (Å²) in [5, 5.41) is 7.68. The van der Waals surface area contributed by atoms with E-state index in [0.717, 1.165) is 11.2 Å². The van der Waals surface area contributed by atoms with E-state index in [1.54, 1.807) is 0 Å². The fourth-order valence-corrected chi connectivity index (χ4v) is 4.49. The summed E-state index contributed by atoms with van der Waals surface area (Å²) in [6, 6.07) is 34.3. The van der Waals surface area contributed by atoms with Gasteiger partial charge in [0, 0.05) is 16.5 Å². The number of nitrogens with zero attached hydrogens (tertiary/aromatic N) is 1. The summed E-state index contributed by atoms with van der Waals surface area (Å²) in [6.45, 7) is 0. The third-order valence-electron chi connectivity index (χ3n) is 5.67. The molecule has 6 aromatic rings. The molecule has 28 heavy (non-hydrogen) atoms. The van der Waals surface area contributed by atoms with Crippen molar-refractivity contribution in [1.29, 1.82) is 0 Å². The molecule has 0 amide bonds. The molecule has 0 spiro atoms. The van der Waals surface area contributed by atoms with Gasteiger partial charge in [-0.2, -0.15) is 0 Å². The second-order valence-corrected chi connectivity index (χ2v) is 7.29. The van der Waals surface area contributed by atoms with Crippen LogP contribution >= 0.6 is 0 Å². The smallest absolute Gasteiger partial charge is 0.113 e. The van der Waals surface area contributed by atoms with Crippen LogP contribution in [-0.4, -0.2) is 12.4 Å². The molecule has 1 aromatic heterocycles. The van der Waals surface area contributed by atoms with Crippen molar-refractivity contribution in [3.63, 3.8) is 0 Å². The second kappa shape index (κ2) is 5.74. The summed E-state index contributed by atoms with van der Waals surface area (Å²) in [6.07, 6.45) is 0. The number of benzene rings is 5. The van der Waals surface area contributed by atoms with Gasteiger partial charge in [-0.25, -0.2) is 0 Å². The topological polar surface area (TPSA) is 4.93 Å². The van der Waals surface area contributed by atoms with Crippen LogP contribution in [0.25, 0.3) is 49.0 Å². The minimum Gasteiger partial charge on any atom is -0.309 e. The first-order chi connectivity index (χ1) is 13.8. The van der Waals surface area contributed by atoms with E-state index < -0.39 is 0 Å². The van der Waals surface area contributed by atoms with E-state index in [9.17, 15) is 0 Å². The van der Waals surface area contributed by atoms with Crippen LogP contribution in [0, 0.1) is 0 Å². The van der Waals surface area contributed by atoms with Crippen LogP contribution in [0.5, 0.6) is 0 Å². The molecular formula is C26H16BN. The zero-order valence-corrected chi connectivity index (χ0v) is 15.3. The standard InChI is InChI=1S/C26H16BN/c27-19-8-5-9-20(16-19)28-23-14-12-17-6-1-3-10-21(17)25(23)26-22-11-4-2-7-18(22)13-15-24(26)28/h1-16H. The van der Waals surface area contributed by atoms with E-state index in [-0.39, 0.29) is 0 Å². The Labute approximate surface area is 164 Å². The van der Waals surface area contributed by atoms with Crippen molar-refractivity contribution in [1.82, 2.24) is 4.57 Å². The fraction of sp³-hybridized carbons (Fsp3) is 0. The largest absolute Gasteiger partial charge is 0.309 e. The van der Waals surface area contributed by atoms with Gasteiger partial charge in [0.1, 0.15) is 7.85 Å². The van der Waals surface area contributed by atoms with Crippen molar-refractivity contribution in [2.24, 2.45) is 0 Å². The van der Waals surface area contributed by atoms with Gasteiger partial charge in [0.05, 0.1) is 11.0 Å². The van der Waals surface area contributed by atoms with Gasteiger partial charge in [-0.1, -0.05) is 78.3 Å². The highest BCUT2D eigenvalue weighted by Gasteiger charge is 2.16. The minimum atomic E-state index is 0.772. The first kappa shape index (κ1) is 15.5. The van der Waals surface area contributed by atoms with Gasteiger partial charge in [0.2, 0.25) is 0 Å². The average Bonchev–Trinajstić information content (AvgIpc) is 3.09.